The third kappa shape index (κ3) is 5.61. The summed E-state index contributed by atoms with van der Waals surface area (Å²) < 4.78 is 11.2. The minimum Gasteiger partial charge on any atom is -0.460 e. The molecule has 0 unspecified atom stereocenters. The van der Waals surface area contributed by atoms with Gasteiger partial charge in [0.25, 0.3) is 0 Å². The lowest BCUT2D eigenvalue weighted by atomic mass is 10.2. The van der Waals surface area contributed by atoms with E-state index in [0.717, 1.165) is 5.56 Å². The van der Waals surface area contributed by atoms with E-state index < -0.39 is 20.3 Å². The van der Waals surface area contributed by atoms with Crippen LogP contribution in [0.25, 0.3) is 0 Å². The van der Waals surface area contributed by atoms with Crippen LogP contribution >= 0.6 is 0 Å². The molecule has 0 bridgehead atoms. The van der Waals surface area contributed by atoms with Crippen LogP contribution in [-0.2, 0) is 20.6 Å². The van der Waals surface area contributed by atoms with Gasteiger partial charge in [0.15, 0.2) is 8.32 Å². The molecule has 1 aromatic carbocycles. The zero-order valence-electron chi connectivity index (χ0n) is 13.7. The number of hydrogen-bond donors (Lipinski definition) is 1. The fourth-order valence-electron chi connectivity index (χ4n) is 1.42. The van der Waals surface area contributed by atoms with Crippen LogP contribution in [0.15, 0.2) is 30.3 Å². The van der Waals surface area contributed by atoms with E-state index in [0.29, 0.717) is 0 Å². The monoisotopic (exact) mass is 309 g/mol. The second-order valence-electron chi connectivity index (χ2n) is 6.77. The molecule has 0 spiro atoms. The fraction of sp³-hybridized carbons (Fsp3) is 0.562. The van der Waals surface area contributed by atoms with E-state index in [1.54, 1.807) is 0 Å². The third-order valence-corrected chi connectivity index (χ3v) is 8.46. The average Bonchev–Trinajstić information content (AvgIpc) is 2.42. The molecule has 0 aliphatic carbocycles. The normalized spacial score (nSPS) is 13.8. The van der Waals surface area contributed by atoms with Crippen LogP contribution in [0.1, 0.15) is 26.3 Å². The van der Waals surface area contributed by atoms with Gasteiger partial charge in [-0.3, -0.25) is 4.79 Å². The molecule has 5 heteroatoms. The number of carbonyl (C=O) groups is 1. The van der Waals surface area contributed by atoms with Gasteiger partial charge in [-0.2, -0.15) is 0 Å². The number of ether oxygens (including phenoxy) is 1. The second-order valence-corrected chi connectivity index (χ2v) is 11.6. The minimum absolute atomic E-state index is 0.0979. The highest BCUT2D eigenvalue weighted by molar-refractivity contribution is 6.74. The van der Waals surface area contributed by atoms with Crippen molar-refractivity contribution in [3.8, 4) is 0 Å². The molecule has 4 nitrogen and oxygen atoms in total. The molecule has 0 fully saturated rings. The van der Waals surface area contributed by atoms with Crippen molar-refractivity contribution in [2.45, 2.75) is 51.6 Å². The minimum atomic E-state index is -1.89. The van der Waals surface area contributed by atoms with Gasteiger partial charge in [-0.05, 0) is 23.7 Å². The van der Waals surface area contributed by atoms with E-state index in [4.69, 9.17) is 14.9 Å². The predicted octanol–water partition coefficient (Wildman–Crippen LogP) is 3.08. The van der Waals surface area contributed by atoms with Crippen molar-refractivity contribution in [1.29, 1.82) is 0 Å². The Morgan fingerprint density at radius 2 is 1.81 bits per heavy atom. The summed E-state index contributed by atoms with van der Waals surface area (Å²) >= 11 is 0. The number of hydrogen-bond acceptors (Lipinski definition) is 4. The molecule has 0 heterocycles. The lowest BCUT2D eigenvalue weighted by Crippen LogP contribution is -2.46. The molecule has 1 atom stereocenters. The number of carbonyl (C=O) groups excluding carboxylic acids is 1. The molecular formula is C16H27NO3Si. The van der Waals surface area contributed by atoms with E-state index in [1.807, 2.05) is 30.3 Å². The van der Waals surface area contributed by atoms with Gasteiger partial charge in [0.1, 0.15) is 12.6 Å². The van der Waals surface area contributed by atoms with E-state index in [-0.39, 0.29) is 18.3 Å². The maximum Gasteiger partial charge on any atom is 0.325 e. The fourth-order valence-corrected chi connectivity index (χ4v) is 2.45. The quantitative estimate of drug-likeness (QED) is 0.648. The standard InChI is InChI=1S/C16H27NO3Si/c1-16(2,3)21(4,5)20-12-14(17)15(18)19-11-13-9-7-6-8-10-13/h6-10,14H,11-12,17H2,1-5H3/t14-/m0/s1. The summed E-state index contributed by atoms with van der Waals surface area (Å²) in [6.07, 6.45) is 0. The van der Waals surface area contributed by atoms with Gasteiger partial charge in [-0.1, -0.05) is 51.1 Å². The molecule has 0 saturated carbocycles. The number of nitrogens with two attached hydrogens (primary N) is 1. The van der Waals surface area contributed by atoms with Crippen LogP contribution in [-0.4, -0.2) is 26.9 Å². The maximum atomic E-state index is 11.9. The van der Waals surface area contributed by atoms with Crippen molar-refractivity contribution in [1.82, 2.24) is 0 Å². The third-order valence-electron chi connectivity index (χ3n) is 3.96. The summed E-state index contributed by atoms with van der Waals surface area (Å²) in [7, 11) is -1.89. The number of rotatable bonds is 6. The molecule has 0 radical (unpaired) electrons. The molecule has 0 saturated heterocycles. The van der Waals surface area contributed by atoms with Gasteiger partial charge in [-0.25, -0.2) is 0 Å². The van der Waals surface area contributed by atoms with Crippen LogP contribution < -0.4 is 5.73 Å². The molecule has 21 heavy (non-hydrogen) atoms. The molecule has 0 aliphatic heterocycles. The van der Waals surface area contributed by atoms with Gasteiger partial charge in [-0.15, -0.1) is 0 Å². The molecule has 1 aromatic rings. The predicted molar refractivity (Wildman–Crippen MR) is 87.4 cm³/mol. The Morgan fingerprint density at radius 1 is 1.24 bits per heavy atom. The van der Waals surface area contributed by atoms with Crippen LogP contribution in [0.2, 0.25) is 18.1 Å². The Balaban J connectivity index is 2.42. The zero-order chi connectivity index (χ0) is 16.1. The molecule has 0 aromatic heterocycles. The molecule has 0 aliphatic rings. The maximum absolute atomic E-state index is 11.9. The Kier molecular flexibility index (Phi) is 6.13. The van der Waals surface area contributed by atoms with E-state index in [2.05, 4.69) is 33.9 Å². The van der Waals surface area contributed by atoms with Gasteiger partial charge < -0.3 is 14.9 Å². The highest BCUT2D eigenvalue weighted by Crippen LogP contribution is 2.36. The summed E-state index contributed by atoms with van der Waals surface area (Å²) in [5.41, 5.74) is 6.80. The second kappa shape index (κ2) is 7.20. The summed E-state index contributed by atoms with van der Waals surface area (Å²) in [6, 6.07) is 8.82. The Bertz CT molecular complexity index is 454. The molecule has 2 N–H and O–H groups in total. The van der Waals surface area contributed by atoms with Gasteiger partial charge >= 0.3 is 5.97 Å². The van der Waals surface area contributed by atoms with E-state index in [9.17, 15) is 4.79 Å². The van der Waals surface area contributed by atoms with Crippen molar-refractivity contribution in [3.63, 3.8) is 0 Å². The van der Waals surface area contributed by atoms with Crippen LogP contribution in [0.3, 0.4) is 0 Å². The lowest BCUT2D eigenvalue weighted by molar-refractivity contribution is -0.147. The highest BCUT2D eigenvalue weighted by atomic mass is 28.4. The largest absolute Gasteiger partial charge is 0.460 e. The first kappa shape index (κ1) is 17.9. The van der Waals surface area contributed by atoms with Gasteiger partial charge in [0.05, 0.1) is 6.61 Å². The first-order chi connectivity index (χ1) is 9.63. The summed E-state index contributed by atoms with van der Waals surface area (Å²) in [6.45, 7) is 11.2. The summed E-state index contributed by atoms with van der Waals surface area (Å²) in [4.78, 5) is 11.9. The zero-order valence-corrected chi connectivity index (χ0v) is 14.7. The summed E-state index contributed by atoms with van der Waals surface area (Å²) in [5, 5.41) is 0.0979. The van der Waals surface area contributed by atoms with Crippen molar-refractivity contribution in [3.05, 3.63) is 35.9 Å². The first-order valence-corrected chi connectivity index (χ1v) is 10.1. The Labute approximate surface area is 128 Å². The Morgan fingerprint density at radius 3 is 2.33 bits per heavy atom. The number of benzene rings is 1. The topological polar surface area (TPSA) is 61.5 Å². The molecule has 118 valence electrons. The highest BCUT2D eigenvalue weighted by Gasteiger charge is 2.37. The lowest BCUT2D eigenvalue weighted by Gasteiger charge is -2.36. The van der Waals surface area contributed by atoms with Gasteiger partial charge in [0, 0.05) is 0 Å². The van der Waals surface area contributed by atoms with Gasteiger partial charge in [0.2, 0.25) is 0 Å². The molecule has 1 rings (SSSR count). The van der Waals surface area contributed by atoms with Crippen molar-refractivity contribution >= 4 is 14.3 Å². The SMILES string of the molecule is CC(C)(C)[Si](C)(C)OC[C@H](N)C(=O)OCc1ccccc1. The average molecular weight is 309 g/mol. The van der Waals surface area contributed by atoms with Crippen LogP contribution in [0.5, 0.6) is 0 Å². The summed E-state index contributed by atoms with van der Waals surface area (Å²) in [5.74, 6) is -0.419. The first-order valence-electron chi connectivity index (χ1n) is 7.23. The van der Waals surface area contributed by atoms with Crippen molar-refractivity contribution in [2.75, 3.05) is 6.61 Å². The van der Waals surface area contributed by atoms with Crippen LogP contribution in [0, 0.1) is 0 Å². The smallest absolute Gasteiger partial charge is 0.325 e. The molecule has 0 amide bonds. The van der Waals surface area contributed by atoms with Crippen molar-refractivity contribution in [2.24, 2.45) is 5.73 Å². The number of esters is 1. The Hall–Kier alpha value is -1.17. The van der Waals surface area contributed by atoms with Crippen molar-refractivity contribution < 1.29 is 14.0 Å². The van der Waals surface area contributed by atoms with E-state index >= 15 is 0 Å². The molecular weight excluding hydrogens is 282 g/mol. The van der Waals surface area contributed by atoms with E-state index in [1.165, 1.54) is 0 Å². The van der Waals surface area contributed by atoms with Crippen LogP contribution in [0.4, 0.5) is 0 Å².